The van der Waals surface area contributed by atoms with E-state index in [0.717, 1.165) is 12.1 Å². The third-order valence-corrected chi connectivity index (χ3v) is 3.07. The average molecular weight is 330 g/mol. The van der Waals surface area contributed by atoms with Gasteiger partial charge in [-0.3, -0.25) is 9.59 Å². The number of nitrogens with one attached hydrogen (secondary N) is 1. The molecule has 0 radical (unpaired) electrons. The van der Waals surface area contributed by atoms with Gasteiger partial charge in [-0.1, -0.05) is 20.8 Å². The van der Waals surface area contributed by atoms with Crippen LogP contribution >= 0.6 is 0 Å². The Balaban J connectivity index is 2.76. The zero-order valence-electron chi connectivity index (χ0n) is 13.5. The standard InChI is InChI=1S/C16H21F3N2O2/c1-4-7-21(14(23)8-10(2)3)9-13(22)20-12-6-5-11(17)15(18)16(12)19/h5-6,10H,4,7-9H2,1-3H3,(H,20,22). The molecule has 0 atom stereocenters. The van der Waals surface area contributed by atoms with Crippen molar-refractivity contribution >= 4 is 17.5 Å². The summed E-state index contributed by atoms with van der Waals surface area (Å²) in [5, 5.41) is 2.16. The molecule has 23 heavy (non-hydrogen) atoms. The summed E-state index contributed by atoms with van der Waals surface area (Å²) in [6, 6.07) is 1.66. The topological polar surface area (TPSA) is 49.4 Å². The first-order chi connectivity index (χ1) is 10.8. The molecule has 0 spiro atoms. The van der Waals surface area contributed by atoms with Gasteiger partial charge in [0, 0.05) is 13.0 Å². The van der Waals surface area contributed by atoms with Crippen molar-refractivity contribution in [3.8, 4) is 0 Å². The number of rotatable bonds is 7. The molecule has 1 aromatic rings. The van der Waals surface area contributed by atoms with Gasteiger partial charge in [-0.25, -0.2) is 13.2 Å². The van der Waals surface area contributed by atoms with Crippen LogP contribution in [0.25, 0.3) is 0 Å². The first-order valence-corrected chi connectivity index (χ1v) is 7.47. The number of carbonyl (C=O) groups excluding carboxylic acids is 2. The van der Waals surface area contributed by atoms with E-state index in [4.69, 9.17) is 0 Å². The van der Waals surface area contributed by atoms with E-state index in [1.807, 2.05) is 20.8 Å². The first-order valence-electron chi connectivity index (χ1n) is 7.47. The van der Waals surface area contributed by atoms with Crippen LogP contribution in [0.4, 0.5) is 18.9 Å². The van der Waals surface area contributed by atoms with Gasteiger partial charge in [0.1, 0.15) is 0 Å². The van der Waals surface area contributed by atoms with E-state index >= 15 is 0 Å². The molecule has 0 fully saturated rings. The van der Waals surface area contributed by atoms with Gasteiger partial charge in [0.05, 0.1) is 12.2 Å². The lowest BCUT2D eigenvalue weighted by atomic mass is 10.1. The molecule has 0 aliphatic rings. The minimum absolute atomic E-state index is 0.147. The van der Waals surface area contributed by atoms with Gasteiger partial charge < -0.3 is 10.2 Å². The minimum Gasteiger partial charge on any atom is -0.333 e. The predicted octanol–water partition coefficient (Wildman–Crippen LogP) is 3.33. The molecule has 0 unspecified atom stereocenters. The van der Waals surface area contributed by atoms with Crippen LogP contribution in [-0.4, -0.2) is 29.8 Å². The minimum atomic E-state index is -1.65. The normalized spacial score (nSPS) is 10.7. The zero-order chi connectivity index (χ0) is 17.6. The number of hydrogen-bond donors (Lipinski definition) is 1. The van der Waals surface area contributed by atoms with Crippen LogP contribution in [0, 0.1) is 23.4 Å². The lowest BCUT2D eigenvalue weighted by molar-refractivity contribution is -0.135. The van der Waals surface area contributed by atoms with Crippen LogP contribution in [-0.2, 0) is 9.59 Å². The molecular formula is C16H21F3N2O2. The summed E-state index contributed by atoms with van der Waals surface area (Å²) in [6.45, 7) is 5.76. The summed E-state index contributed by atoms with van der Waals surface area (Å²) in [6.07, 6.45) is 0.962. The molecule has 0 bridgehead atoms. The van der Waals surface area contributed by atoms with E-state index in [2.05, 4.69) is 5.32 Å². The molecule has 1 aromatic carbocycles. The number of benzene rings is 1. The summed E-state index contributed by atoms with van der Waals surface area (Å²) in [5.74, 6) is -5.14. The molecule has 2 amide bonds. The Labute approximate surface area is 133 Å². The number of nitrogens with zero attached hydrogens (tertiary/aromatic N) is 1. The highest BCUT2D eigenvalue weighted by Crippen LogP contribution is 2.19. The number of carbonyl (C=O) groups is 2. The Morgan fingerprint density at radius 1 is 1.17 bits per heavy atom. The predicted molar refractivity (Wildman–Crippen MR) is 81.3 cm³/mol. The van der Waals surface area contributed by atoms with Gasteiger partial charge in [-0.05, 0) is 24.5 Å². The van der Waals surface area contributed by atoms with Crippen LogP contribution in [0.2, 0.25) is 0 Å². The molecule has 0 aliphatic heterocycles. The molecule has 0 heterocycles. The van der Waals surface area contributed by atoms with Crippen molar-refractivity contribution in [2.45, 2.75) is 33.6 Å². The Morgan fingerprint density at radius 2 is 1.83 bits per heavy atom. The van der Waals surface area contributed by atoms with E-state index in [9.17, 15) is 22.8 Å². The second kappa shape index (κ2) is 8.55. The number of anilines is 1. The highest BCUT2D eigenvalue weighted by molar-refractivity contribution is 5.94. The molecule has 128 valence electrons. The molecule has 0 aliphatic carbocycles. The Hall–Kier alpha value is -2.05. The third kappa shape index (κ3) is 5.58. The molecule has 0 saturated heterocycles. The van der Waals surface area contributed by atoms with Gasteiger partial charge in [0.2, 0.25) is 11.8 Å². The maximum Gasteiger partial charge on any atom is 0.244 e. The summed E-state index contributed by atoms with van der Waals surface area (Å²) in [7, 11) is 0. The van der Waals surface area contributed by atoms with Crippen LogP contribution in [0.3, 0.4) is 0 Å². The van der Waals surface area contributed by atoms with Crippen molar-refractivity contribution in [1.29, 1.82) is 0 Å². The van der Waals surface area contributed by atoms with Crippen LogP contribution in [0.1, 0.15) is 33.6 Å². The lowest BCUT2D eigenvalue weighted by Gasteiger charge is -2.22. The van der Waals surface area contributed by atoms with Crippen molar-refractivity contribution in [2.75, 3.05) is 18.4 Å². The highest BCUT2D eigenvalue weighted by Gasteiger charge is 2.19. The van der Waals surface area contributed by atoms with Crippen LogP contribution in [0.5, 0.6) is 0 Å². The molecule has 0 aromatic heterocycles. The molecule has 0 saturated carbocycles. The highest BCUT2D eigenvalue weighted by atomic mass is 19.2. The van der Waals surface area contributed by atoms with Crippen molar-refractivity contribution in [3.63, 3.8) is 0 Å². The van der Waals surface area contributed by atoms with Gasteiger partial charge in [-0.2, -0.15) is 0 Å². The maximum atomic E-state index is 13.5. The summed E-state index contributed by atoms with van der Waals surface area (Å²) in [4.78, 5) is 25.4. The number of amides is 2. The fraction of sp³-hybridized carbons (Fsp3) is 0.500. The quantitative estimate of drug-likeness (QED) is 0.780. The van der Waals surface area contributed by atoms with Gasteiger partial charge in [0.25, 0.3) is 0 Å². The van der Waals surface area contributed by atoms with Crippen molar-refractivity contribution in [1.82, 2.24) is 4.90 Å². The fourth-order valence-electron chi connectivity index (χ4n) is 2.03. The second-order valence-corrected chi connectivity index (χ2v) is 5.68. The molecular weight excluding hydrogens is 309 g/mol. The molecule has 1 rings (SSSR count). The maximum absolute atomic E-state index is 13.5. The van der Waals surface area contributed by atoms with Crippen molar-refractivity contribution in [2.24, 2.45) is 5.92 Å². The van der Waals surface area contributed by atoms with E-state index < -0.39 is 29.0 Å². The van der Waals surface area contributed by atoms with Crippen LogP contribution in [0.15, 0.2) is 12.1 Å². The first kappa shape index (κ1) is 19.0. The summed E-state index contributed by atoms with van der Waals surface area (Å²) in [5.41, 5.74) is -0.457. The van der Waals surface area contributed by atoms with Gasteiger partial charge >= 0.3 is 0 Å². The largest absolute Gasteiger partial charge is 0.333 e. The fourth-order valence-corrected chi connectivity index (χ4v) is 2.03. The number of halogens is 3. The van der Waals surface area contributed by atoms with E-state index in [1.165, 1.54) is 4.90 Å². The van der Waals surface area contributed by atoms with E-state index in [-0.39, 0.29) is 18.4 Å². The molecule has 1 N–H and O–H groups in total. The molecule has 4 nitrogen and oxygen atoms in total. The van der Waals surface area contributed by atoms with Crippen molar-refractivity contribution in [3.05, 3.63) is 29.6 Å². The smallest absolute Gasteiger partial charge is 0.244 e. The Morgan fingerprint density at radius 3 is 2.39 bits per heavy atom. The van der Waals surface area contributed by atoms with Gasteiger partial charge in [0.15, 0.2) is 17.5 Å². The SMILES string of the molecule is CCCN(CC(=O)Nc1ccc(F)c(F)c1F)C(=O)CC(C)C. The van der Waals surface area contributed by atoms with Crippen LogP contribution < -0.4 is 5.32 Å². The van der Waals surface area contributed by atoms with Gasteiger partial charge in [-0.15, -0.1) is 0 Å². The lowest BCUT2D eigenvalue weighted by Crippen LogP contribution is -2.39. The number of hydrogen-bond acceptors (Lipinski definition) is 2. The Bertz CT molecular complexity index is 577. The Kier molecular flexibility index (Phi) is 7.06. The van der Waals surface area contributed by atoms with Crippen molar-refractivity contribution < 1.29 is 22.8 Å². The van der Waals surface area contributed by atoms with E-state index in [1.54, 1.807) is 0 Å². The molecule has 7 heteroatoms. The summed E-state index contributed by atoms with van der Waals surface area (Å²) < 4.78 is 39.5. The summed E-state index contributed by atoms with van der Waals surface area (Å²) >= 11 is 0. The second-order valence-electron chi connectivity index (χ2n) is 5.68. The third-order valence-electron chi connectivity index (χ3n) is 3.07. The zero-order valence-corrected chi connectivity index (χ0v) is 13.5. The average Bonchev–Trinajstić information content (AvgIpc) is 2.47. The monoisotopic (exact) mass is 330 g/mol. The van der Waals surface area contributed by atoms with E-state index in [0.29, 0.717) is 19.4 Å².